The van der Waals surface area contributed by atoms with Crippen molar-refractivity contribution in [3.63, 3.8) is 0 Å². The molecule has 1 heterocycles. The van der Waals surface area contributed by atoms with Crippen molar-refractivity contribution >= 4 is 5.84 Å². The molecule has 1 aliphatic heterocycles. The Bertz CT molecular complexity index is 667. The molecule has 1 aliphatic rings. The molecule has 0 amide bonds. The molecule has 1 unspecified atom stereocenters. The molecule has 0 spiro atoms. The molecule has 1 aromatic carbocycles. The Morgan fingerprint density at radius 1 is 1.21 bits per heavy atom. The Morgan fingerprint density at radius 2 is 1.83 bits per heavy atom. The van der Waals surface area contributed by atoms with E-state index in [2.05, 4.69) is 24.2 Å². The van der Waals surface area contributed by atoms with Crippen LogP contribution in [-0.2, 0) is 6.42 Å². The second-order valence-electron chi connectivity index (χ2n) is 6.33. The molecule has 5 N–H and O–H groups in total. The van der Waals surface area contributed by atoms with Crippen molar-refractivity contribution in [3.05, 3.63) is 35.0 Å². The highest BCUT2D eigenvalue weighted by atomic mass is 16.5. The van der Waals surface area contributed by atoms with Crippen LogP contribution >= 0.6 is 0 Å². The molecule has 132 valence electrons. The molecule has 6 heteroatoms. The number of ether oxygens (including phenoxy) is 2. The van der Waals surface area contributed by atoms with E-state index in [0.717, 1.165) is 16.9 Å². The molecule has 0 saturated heterocycles. The van der Waals surface area contributed by atoms with Crippen LogP contribution in [0, 0.1) is 0 Å². The Morgan fingerprint density at radius 3 is 2.33 bits per heavy atom. The summed E-state index contributed by atoms with van der Waals surface area (Å²) in [7, 11) is 3.28. The Labute approximate surface area is 143 Å². The highest BCUT2D eigenvalue weighted by Crippen LogP contribution is 2.35. The lowest BCUT2D eigenvalue weighted by atomic mass is 9.91. The summed E-state index contributed by atoms with van der Waals surface area (Å²) in [4.78, 5) is 4.40. The van der Waals surface area contributed by atoms with Gasteiger partial charge in [0.25, 0.3) is 0 Å². The third kappa shape index (κ3) is 3.64. The SMILES string of the molecule is CCC1(N)N=C(N)C(Cc2cc(OC)c(OC)cc2C(C)C)=CN1. The number of nitrogens with two attached hydrogens (primary N) is 2. The van der Waals surface area contributed by atoms with Gasteiger partial charge in [-0.05, 0) is 29.2 Å². The molecule has 0 fully saturated rings. The van der Waals surface area contributed by atoms with E-state index >= 15 is 0 Å². The van der Waals surface area contributed by atoms with Gasteiger partial charge in [-0.2, -0.15) is 0 Å². The van der Waals surface area contributed by atoms with Crippen molar-refractivity contribution in [1.29, 1.82) is 0 Å². The summed E-state index contributed by atoms with van der Waals surface area (Å²) in [5.74, 6) is 1.45. The highest BCUT2D eigenvalue weighted by molar-refractivity contribution is 5.98. The van der Waals surface area contributed by atoms with Crippen LogP contribution in [0.25, 0.3) is 0 Å². The van der Waals surface area contributed by atoms with Gasteiger partial charge >= 0.3 is 0 Å². The van der Waals surface area contributed by atoms with Gasteiger partial charge in [-0.1, -0.05) is 20.8 Å². The Balaban J connectivity index is 2.38. The maximum absolute atomic E-state index is 6.14. The van der Waals surface area contributed by atoms with E-state index in [1.807, 2.05) is 25.3 Å². The summed E-state index contributed by atoms with van der Waals surface area (Å²) < 4.78 is 10.9. The second kappa shape index (κ2) is 7.13. The van der Waals surface area contributed by atoms with Crippen LogP contribution in [0.5, 0.6) is 11.5 Å². The summed E-state index contributed by atoms with van der Waals surface area (Å²) in [6.07, 6.45) is 3.17. The van der Waals surface area contributed by atoms with Gasteiger partial charge in [0.2, 0.25) is 0 Å². The van der Waals surface area contributed by atoms with E-state index in [-0.39, 0.29) is 0 Å². The number of aliphatic imine (C=N–C) groups is 1. The molecule has 24 heavy (non-hydrogen) atoms. The minimum Gasteiger partial charge on any atom is -0.493 e. The van der Waals surface area contributed by atoms with Gasteiger partial charge in [-0.3, -0.25) is 5.73 Å². The maximum Gasteiger partial charge on any atom is 0.183 e. The number of nitrogens with one attached hydrogen (secondary N) is 1. The number of benzene rings is 1. The molecule has 1 aromatic rings. The molecule has 0 aromatic heterocycles. The minimum absolute atomic E-state index is 0.347. The number of hydrogen-bond donors (Lipinski definition) is 3. The quantitative estimate of drug-likeness (QED) is 0.742. The van der Waals surface area contributed by atoms with Crippen LogP contribution in [-0.4, -0.2) is 25.8 Å². The lowest BCUT2D eigenvalue weighted by molar-refractivity contribution is 0.354. The fourth-order valence-electron chi connectivity index (χ4n) is 2.76. The van der Waals surface area contributed by atoms with Gasteiger partial charge in [-0.15, -0.1) is 0 Å². The molecule has 2 rings (SSSR count). The zero-order chi connectivity index (χ0) is 17.9. The summed E-state index contributed by atoms with van der Waals surface area (Å²) >= 11 is 0. The topological polar surface area (TPSA) is 94.9 Å². The molecule has 6 nitrogen and oxygen atoms in total. The highest BCUT2D eigenvalue weighted by Gasteiger charge is 2.25. The normalized spacial score (nSPS) is 20.3. The van der Waals surface area contributed by atoms with Crippen molar-refractivity contribution in [3.8, 4) is 11.5 Å². The van der Waals surface area contributed by atoms with Gasteiger partial charge in [0, 0.05) is 24.6 Å². The first-order chi connectivity index (χ1) is 11.3. The lowest BCUT2D eigenvalue weighted by Crippen LogP contribution is -2.52. The summed E-state index contributed by atoms with van der Waals surface area (Å²) in [5, 5.41) is 3.14. The van der Waals surface area contributed by atoms with E-state index in [9.17, 15) is 0 Å². The van der Waals surface area contributed by atoms with Crippen LogP contribution in [0.4, 0.5) is 0 Å². The van der Waals surface area contributed by atoms with E-state index in [1.165, 1.54) is 5.56 Å². The zero-order valence-corrected chi connectivity index (χ0v) is 15.1. The van der Waals surface area contributed by atoms with Crippen molar-refractivity contribution in [2.45, 2.75) is 45.3 Å². The summed E-state index contributed by atoms with van der Waals surface area (Å²) in [6, 6.07) is 4.04. The molecule has 0 saturated carbocycles. The van der Waals surface area contributed by atoms with E-state index < -0.39 is 5.79 Å². The second-order valence-corrected chi connectivity index (χ2v) is 6.33. The number of rotatable bonds is 6. The van der Waals surface area contributed by atoms with Crippen molar-refractivity contribution in [1.82, 2.24) is 5.32 Å². The third-order valence-electron chi connectivity index (χ3n) is 4.33. The van der Waals surface area contributed by atoms with Crippen LogP contribution in [0.15, 0.2) is 28.9 Å². The number of methoxy groups -OCH3 is 2. The van der Waals surface area contributed by atoms with Crippen molar-refractivity contribution < 1.29 is 9.47 Å². The largest absolute Gasteiger partial charge is 0.493 e. The summed E-state index contributed by atoms with van der Waals surface area (Å²) in [6.45, 7) is 6.27. The van der Waals surface area contributed by atoms with Crippen molar-refractivity contribution in [2.24, 2.45) is 16.5 Å². The van der Waals surface area contributed by atoms with Crippen LogP contribution in [0.2, 0.25) is 0 Å². The predicted octanol–water partition coefficient (Wildman–Crippen LogP) is 2.24. The van der Waals surface area contributed by atoms with Crippen LogP contribution < -0.4 is 26.3 Å². The molecule has 0 radical (unpaired) electrons. The molecular weight excluding hydrogens is 304 g/mol. The van der Waals surface area contributed by atoms with Gasteiger partial charge in [0.15, 0.2) is 17.3 Å². The smallest absolute Gasteiger partial charge is 0.183 e. The average Bonchev–Trinajstić information content (AvgIpc) is 2.56. The monoisotopic (exact) mass is 332 g/mol. The number of hydrogen-bond acceptors (Lipinski definition) is 6. The first-order valence-corrected chi connectivity index (χ1v) is 8.19. The number of nitrogens with zero attached hydrogens (tertiary/aromatic N) is 1. The Kier molecular flexibility index (Phi) is 5.39. The Hall–Kier alpha value is -2.21. The van der Waals surface area contributed by atoms with Gasteiger partial charge in [0.1, 0.15) is 5.84 Å². The average molecular weight is 332 g/mol. The fraction of sp³-hybridized carbons (Fsp3) is 0.500. The van der Waals surface area contributed by atoms with E-state index in [0.29, 0.717) is 30.3 Å². The first-order valence-electron chi connectivity index (χ1n) is 8.19. The maximum atomic E-state index is 6.14. The van der Waals surface area contributed by atoms with Crippen LogP contribution in [0.3, 0.4) is 0 Å². The summed E-state index contributed by atoms with van der Waals surface area (Å²) in [5.41, 5.74) is 15.5. The minimum atomic E-state index is -0.813. The predicted molar refractivity (Wildman–Crippen MR) is 97.4 cm³/mol. The van der Waals surface area contributed by atoms with E-state index in [1.54, 1.807) is 14.2 Å². The molecular formula is C18H28N4O2. The van der Waals surface area contributed by atoms with E-state index in [4.69, 9.17) is 20.9 Å². The fourth-order valence-corrected chi connectivity index (χ4v) is 2.76. The van der Waals surface area contributed by atoms with Gasteiger partial charge in [0.05, 0.1) is 14.2 Å². The lowest BCUT2D eigenvalue weighted by Gasteiger charge is -2.29. The van der Waals surface area contributed by atoms with Crippen LogP contribution in [0.1, 0.15) is 44.2 Å². The third-order valence-corrected chi connectivity index (χ3v) is 4.33. The first kappa shape index (κ1) is 18.1. The van der Waals surface area contributed by atoms with Gasteiger partial charge < -0.3 is 20.5 Å². The zero-order valence-electron chi connectivity index (χ0n) is 15.1. The molecule has 1 atom stereocenters. The standard InChI is InChI=1S/C18H28N4O2/c1-6-18(20)21-10-13(17(19)22-18)7-12-8-15(23-4)16(24-5)9-14(12)11(2)3/h8-11,21H,6-7,20H2,1-5H3,(H2,19,22). The van der Waals surface area contributed by atoms with Gasteiger partial charge in [-0.25, -0.2) is 4.99 Å². The molecule has 0 aliphatic carbocycles. The number of amidine groups is 1. The molecule has 0 bridgehead atoms. The van der Waals surface area contributed by atoms with Crippen molar-refractivity contribution in [2.75, 3.05) is 14.2 Å².